The molecule has 0 saturated heterocycles. The number of hydrogen-bond acceptors (Lipinski definition) is 9. The van der Waals surface area contributed by atoms with Gasteiger partial charge in [0.2, 0.25) is 0 Å². The fourth-order valence-electron chi connectivity index (χ4n) is 8.30. The topological polar surface area (TPSA) is 148 Å². The van der Waals surface area contributed by atoms with E-state index in [9.17, 15) is 29.8 Å². The maximum Gasteiger partial charge on any atom is 0.302 e. The van der Waals surface area contributed by atoms with Gasteiger partial charge in [-0.2, -0.15) is 0 Å². The Morgan fingerprint density at radius 3 is 2.15 bits per heavy atom. The molecule has 11 nitrogen and oxygen atoms in total. The number of carbonyl (C=O) groups excluding carboxylic acids is 2. The Morgan fingerprint density at radius 1 is 0.909 bits per heavy atom. The minimum absolute atomic E-state index is 0.113. The van der Waals surface area contributed by atoms with Crippen LogP contribution < -0.4 is 0 Å². The smallest absolute Gasteiger partial charge is 0.302 e. The van der Waals surface area contributed by atoms with Crippen molar-refractivity contribution in [2.45, 2.75) is 96.5 Å². The van der Waals surface area contributed by atoms with Crippen molar-refractivity contribution in [3.63, 3.8) is 0 Å². The van der Waals surface area contributed by atoms with Crippen LogP contribution >= 0.6 is 0 Å². The molecular weight excluding hydrogens is 436 g/mol. The number of nitro groups is 1. The normalized spacial score (nSPS) is 45.8. The molecule has 9 atom stereocenters. The molecule has 0 heterocycles. The number of hydrogen-bond donors (Lipinski definition) is 0. The number of rotatable bonds is 5. The van der Waals surface area contributed by atoms with Crippen LogP contribution in [0, 0.1) is 48.8 Å². The fraction of sp³-hybridized carbons (Fsp3) is 0.909. The summed E-state index contributed by atoms with van der Waals surface area (Å²) >= 11 is 0. The molecule has 0 aromatic rings. The molecule has 0 spiro atoms. The Bertz CT molecular complexity index is 880. The second kappa shape index (κ2) is 7.80. The van der Waals surface area contributed by atoms with E-state index in [4.69, 9.17) is 14.3 Å². The summed E-state index contributed by atoms with van der Waals surface area (Å²) < 4.78 is 11.0. The van der Waals surface area contributed by atoms with Crippen LogP contribution in [0.15, 0.2) is 0 Å². The van der Waals surface area contributed by atoms with Gasteiger partial charge in [0.05, 0.1) is 6.42 Å². The Kier molecular flexibility index (Phi) is 5.60. The monoisotopic (exact) mass is 468 g/mol. The van der Waals surface area contributed by atoms with E-state index >= 15 is 0 Å². The van der Waals surface area contributed by atoms with Crippen molar-refractivity contribution in [3.05, 3.63) is 20.2 Å². The van der Waals surface area contributed by atoms with Gasteiger partial charge in [0.25, 0.3) is 10.6 Å². The van der Waals surface area contributed by atoms with Gasteiger partial charge in [-0.25, -0.2) is 0 Å². The SMILES string of the molecule is CC(=O)O[C@H]1CC[C@]2(C)[C@H]3CC[C@]4(C)[C@@H](OC(C)=O)CC[C@H]4[C@@H]3[C@H](O[N+](=O)[O-])[C@]2([N+](=O)[O-])C1. The molecule has 0 radical (unpaired) electrons. The van der Waals surface area contributed by atoms with Crippen LogP contribution in [0.2, 0.25) is 0 Å². The first-order valence-electron chi connectivity index (χ1n) is 11.7. The second-order valence-corrected chi connectivity index (χ2v) is 10.8. The summed E-state index contributed by atoms with van der Waals surface area (Å²) in [6.07, 6.45) is 1.12. The second-order valence-electron chi connectivity index (χ2n) is 10.8. The summed E-state index contributed by atoms with van der Waals surface area (Å²) in [5.74, 6) is -1.60. The van der Waals surface area contributed by atoms with Crippen molar-refractivity contribution in [1.29, 1.82) is 0 Å². The number of nitrogens with zero attached hydrogens (tertiary/aromatic N) is 2. The lowest BCUT2D eigenvalue weighted by Crippen LogP contribution is -2.62. The predicted octanol–water partition coefficient (Wildman–Crippen LogP) is 3.09. The number of carbonyl (C=O) groups is 2. The van der Waals surface area contributed by atoms with Crippen LogP contribution in [0.5, 0.6) is 0 Å². The first-order chi connectivity index (χ1) is 15.4. The van der Waals surface area contributed by atoms with E-state index in [-0.39, 0.29) is 30.3 Å². The molecule has 4 saturated carbocycles. The lowest BCUT2D eigenvalue weighted by Gasteiger charge is -2.49. The van der Waals surface area contributed by atoms with Gasteiger partial charge in [-0.05, 0) is 56.3 Å². The Balaban J connectivity index is 1.80. The molecule has 0 bridgehead atoms. The van der Waals surface area contributed by atoms with Gasteiger partial charge in [0, 0.05) is 29.6 Å². The highest BCUT2D eigenvalue weighted by Gasteiger charge is 2.80. The third-order valence-electron chi connectivity index (χ3n) is 9.56. The lowest BCUT2D eigenvalue weighted by molar-refractivity contribution is -0.787. The molecule has 4 rings (SSSR count). The van der Waals surface area contributed by atoms with E-state index < -0.39 is 50.5 Å². The summed E-state index contributed by atoms with van der Waals surface area (Å²) in [6.45, 7) is 6.51. The molecule has 4 aliphatic carbocycles. The first-order valence-corrected chi connectivity index (χ1v) is 11.7. The first kappa shape index (κ1) is 23.7. The Labute approximate surface area is 191 Å². The average Bonchev–Trinajstić information content (AvgIpc) is 3.12. The van der Waals surface area contributed by atoms with Crippen LogP contribution in [0.3, 0.4) is 0 Å². The molecule has 0 aliphatic heterocycles. The van der Waals surface area contributed by atoms with Crippen molar-refractivity contribution in [2.24, 2.45) is 28.6 Å². The lowest BCUT2D eigenvalue weighted by atomic mass is 9.54. The van der Waals surface area contributed by atoms with E-state index in [0.717, 1.165) is 6.42 Å². The fourth-order valence-corrected chi connectivity index (χ4v) is 8.30. The summed E-state index contributed by atoms with van der Waals surface area (Å²) in [5.41, 5.74) is -3.03. The molecule has 184 valence electrons. The highest BCUT2D eigenvalue weighted by molar-refractivity contribution is 5.66. The molecule has 0 amide bonds. The molecule has 11 heteroatoms. The number of fused-ring (bicyclic) bond motifs is 5. The van der Waals surface area contributed by atoms with Crippen LogP contribution in [-0.4, -0.2) is 45.8 Å². The molecule has 4 fully saturated rings. The third-order valence-corrected chi connectivity index (χ3v) is 9.56. The molecule has 33 heavy (non-hydrogen) atoms. The summed E-state index contributed by atoms with van der Waals surface area (Å²) in [4.78, 5) is 52.6. The summed E-state index contributed by atoms with van der Waals surface area (Å²) in [6, 6.07) is 0. The Hall–Kier alpha value is -2.46. The van der Waals surface area contributed by atoms with Crippen LogP contribution in [0.1, 0.15) is 72.6 Å². The van der Waals surface area contributed by atoms with E-state index in [2.05, 4.69) is 0 Å². The third kappa shape index (κ3) is 3.29. The quantitative estimate of drug-likeness (QED) is 0.337. The predicted molar refractivity (Wildman–Crippen MR) is 112 cm³/mol. The molecule has 0 unspecified atom stereocenters. The molecule has 0 aromatic carbocycles. The summed E-state index contributed by atoms with van der Waals surface area (Å²) in [7, 11) is 0. The van der Waals surface area contributed by atoms with Crippen LogP contribution in [-0.2, 0) is 23.9 Å². The largest absolute Gasteiger partial charge is 0.462 e. The van der Waals surface area contributed by atoms with Gasteiger partial charge in [-0.15, -0.1) is 10.1 Å². The molecule has 4 aliphatic rings. The number of ether oxygens (including phenoxy) is 2. The van der Waals surface area contributed by atoms with Crippen molar-refractivity contribution in [2.75, 3.05) is 0 Å². The van der Waals surface area contributed by atoms with Gasteiger partial charge < -0.3 is 14.3 Å². The molecular formula is C22H32N2O9. The van der Waals surface area contributed by atoms with E-state index in [1.165, 1.54) is 13.8 Å². The van der Waals surface area contributed by atoms with Crippen molar-refractivity contribution in [1.82, 2.24) is 0 Å². The zero-order chi connectivity index (χ0) is 24.3. The van der Waals surface area contributed by atoms with Crippen molar-refractivity contribution >= 4 is 11.9 Å². The van der Waals surface area contributed by atoms with Gasteiger partial charge >= 0.3 is 11.9 Å². The standard InChI is InChI=1S/C22H32N2O9/c1-12(25)31-14-7-10-21(4)16-8-9-20(3)15(5-6-17(20)32-13(2)26)18(16)19(33-24(29)30)22(21,11-14)23(27)28/h14-19H,5-11H2,1-4H3/t14-,15-,16-,17-,18-,19-,20-,21+,22+/m0/s1. The van der Waals surface area contributed by atoms with E-state index in [1.807, 2.05) is 13.8 Å². The minimum Gasteiger partial charge on any atom is -0.462 e. The summed E-state index contributed by atoms with van der Waals surface area (Å²) in [5, 5.41) is 23.5. The zero-order valence-electron chi connectivity index (χ0n) is 19.5. The molecule has 0 N–H and O–H groups in total. The van der Waals surface area contributed by atoms with Crippen LogP contribution in [0.25, 0.3) is 0 Å². The Morgan fingerprint density at radius 2 is 1.58 bits per heavy atom. The van der Waals surface area contributed by atoms with Crippen LogP contribution in [0.4, 0.5) is 0 Å². The number of esters is 2. The van der Waals surface area contributed by atoms with Gasteiger partial charge in [-0.3, -0.25) is 19.7 Å². The van der Waals surface area contributed by atoms with Crippen molar-refractivity contribution in [3.8, 4) is 0 Å². The highest BCUT2D eigenvalue weighted by Crippen LogP contribution is 2.71. The molecule has 0 aromatic heterocycles. The minimum atomic E-state index is -1.75. The maximum atomic E-state index is 12.8. The average molecular weight is 469 g/mol. The van der Waals surface area contributed by atoms with Gasteiger partial charge in [0.1, 0.15) is 12.2 Å². The highest BCUT2D eigenvalue weighted by atomic mass is 17.0. The van der Waals surface area contributed by atoms with E-state index in [1.54, 1.807) is 0 Å². The van der Waals surface area contributed by atoms with Gasteiger partial charge in [-0.1, -0.05) is 13.8 Å². The van der Waals surface area contributed by atoms with Gasteiger partial charge in [0.15, 0.2) is 6.10 Å². The maximum absolute atomic E-state index is 12.8. The van der Waals surface area contributed by atoms with Crippen molar-refractivity contribution < 1.29 is 33.9 Å². The van der Waals surface area contributed by atoms with E-state index in [0.29, 0.717) is 32.1 Å². The zero-order valence-corrected chi connectivity index (χ0v) is 19.5.